The van der Waals surface area contributed by atoms with Gasteiger partial charge in [0.15, 0.2) is 0 Å². The Balaban J connectivity index is 1.68. The molecule has 1 saturated heterocycles. The second-order valence-corrected chi connectivity index (χ2v) is 4.61. The zero-order valence-corrected chi connectivity index (χ0v) is 10.6. The third kappa shape index (κ3) is 2.59. The highest BCUT2D eigenvalue weighted by molar-refractivity contribution is 5.50. The zero-order valence-electron chi connectivity index (χ0n) is 10.6. The molecule has 0 amide bonds. The van der Waals surface area contributed by atoms with E-state index in [0.717, 1.165) is 31.9 Å². The van der Waals surface area contributed by atoms with Gasteiger partial charge in [0.1, 0.15) is 0 Å². The molecule has 98 valence electrons. The van der Waals surface area contributed by atoms with Crippen molar-refractivity contribution in [1.82, 2.24) is 10.2 Å². The molecule has 5 nitrogen and oxygen atoms in total. The summed E-state index contributed by atoms with van der Waals surface area (Å²) in [5.74, 6) is 0. The van der Waals surface area contributed by atoms with Gasteiger partial charge in [-0.1, -0.05) is 18.2 Å². The van der Waals surface area contributed by atoms with Gasteiger partial charge < -0.3 is 9.80 Å². The summed E-state index contributed by atoms with van der Waals surface area (Å²) in [5.41, 5.74) is 2.01. The summed E-state index contributed by atoms with van der Waals surface area (Å²) < 4.78 is 0. The molecule has 19 heavy (non-hydrogen) atoms. The molecule has 2 aromatic rings. The number of hydrogen-bond donors (Lipinski definition) is 1. The van der Waals surface area contributed by atoms with Crippen LogP contribution in [0.5, 0.6) is 0 Å². The summed E-state index contributed by atoms with van der Waals surface area (Å²) in [7, 11) is 0. The molecule has 1 N–H and O–H groups in total. The molecule has 2 heterocycles. The summed E-state index contributed by atoms with van der Waals surface area (Å²) >= 11 is 0. The van der Waals surface area contributed by atoms with Crippen molar-refractivity contribution in [3.63, 3.8) is 0 Å². The first-order chi connectivity index (χ1) is 9.33. The lowest BCUT2D eigenvalue weighted by atomic mass is 10.2. The van der Waals surface area contributed by atoms with Gasteiger partial charge in [-0.05, 0) is 12.1 Å². The van der Waals surface area contributed by atoms with Crippen molar-refractivity contribution in [2.24, 2.45) is 0 Å². The largest absolute Gasteiger partial charge is 0.368 e. The van der Waals surface area contributed by atoms with Gasteiger partial charge in [-0.15, -0.1) is 0 Å². The molecular weight excluding hydrogens is 240 g/mol. The van der Waals surface area contributed by atoms with Crippen LogP contribution in [0.4, 0.5) is 11.4 Å². The quantitative estimate of drug-likeness (QED) is 0.874. The Bertz CT molecular complexity index is 588. The standard InChI is InChI=1S/C14H16N4O/c19-14-10-13(11-15-16-14)18-8-6-17(7-9-18)12-4-2-1-3-5-12/h1-5,10-11H,6-9H2,(H,16,19). The topological polar surface area (TPSA) is 52.2 Å². The van der Waals surface area contributed by atoms with Crippen molar-refractivity contribution in [1.29, 1.82) is 0 Å². The minimum atomic E-state index is -0.150. The summed E-state index contributed by atoms with van der Waals surface area (Å²) in [6.45, 7) is 3.72. The third-order valence-corrected chi connectivity index (χ3v) is 3.42. The number of aromatic nitrogens is 2. The van der Waals surface area contributed by atoms with Crippen LogP contribution in [-0.2, 0) is 0 Å². The molecule has 0 unspecified atom stereocenters. The molecule has 0 bridgehead atoms. The summed E-state index contributed by atoms with van der Waals surface area (Å²) in [6.07, 6.45) is 1.71. The maximum atomic E-state index is 11.3. The maximum absolute atomic E-state index is 11.3. The minimum Gasteiger partial charge on any atom is -0.368 e. The average molecular weight is 256 g/mol. The van der Waals surface area contributed by atoms with Crippen molar-refractivity contribution in [3.05, 3.63) is 52.9 Å². The van der Waals surface area contributed by atoms with Crippen LogP contribution in [-0.4, -0.2) is 36.4 Å². The zero-order chi connectivity index (χ0) is 13.1. The van der Waals surface area contributed by atoms with E-state index < -0.39 is 0 Å². The van der Waals surface area contributed by atoms with Crippen molar-refractivity contribution in [2.75, 3.05) is 36.0 Å². The van der Waals surface area contributed by atoms with Gasteiger partial charge in [-0.3, -0.25) is 4.79 Å². The minimum absolute atomic E-state index is 0.150. The number of benzene rings is 1. The first kappa shape index (κ1) is 11.8. The molecule has 0 atom stereocenters. The number of rotatable bonds is 2. The molecule has 1 aliphatic rings. The van der Waals surface area contributed by atoms with Gasteiger partial charge in [0.05, 0.1) is 11.9 Å². The Morgan fingerprint density at radius 1 is 0.947 bits per heavy atom. The number of anilines is 2. The Labute approximate surface area is 111 Å². The van der Waals surface area contributed by atoms with Gasteiger partial charge in [0.25, 0.3) is 5.56 Å². The maximum Gasteiger partial charge on any atom is 0.266 e. The predicted molar refractivity (Wildman–Crippen MR) is 75.7 cm³/mol. The normalized spacial score (nSPS) is 15.6. The molecule has 1 aromatic heterocycles. The fraction of sp³-hybridized carbons (Fsp3) is 0.286. The van der Waals surface area contributed by atoms with Crippen molar-refractivity contribution in [2.45, 2.75) is 0 Å². The molecule has 0 saturated carbocycles. The van der Waals surface area contributed by atoms with E-state index in [1.807, 2.05) is 6.07 Å². The highest BCUT2D eigenvalue weighted by atomic mass is 16.1. The van der Waals surface area contributed by atoms with Crippen molar-refractivity contribution >= 4 is 11.4 Å². The molecule has 1 aromatic carbocycles. The summed E-state index contributed by atoms with van der Waals surface area (Å²) in [5, 5.41) is 6.25. The first-order valence-corrected chi connectivity index (χ1v) is 6.42. The van der Waals surface area contributed by atoms with Crippen molar-refractivity contribution in [3.8, 4) is 0 Å². The predicted octanol–water partition coefficient (Wildman–Crippen LogP) is 1.10. The first-order valence-electron chi connectivity index (χ1n) is 6.42. The van der Waals surface area contributed by atoms with Crippen LogP contribution in [0.3, 0.4) is 0 Å². The average Bonchev–Trinajstić information content (AvgIpc) is 2.48. The highest BCUT2D eigenvalue weighted by Gasteiger charge is 2.17. The van der Waals surface area contributed by atoms with Crippen LogP contribution in [0, 0.1) is 0 Å². The lowest BCUT2D eigenvalue weighted by Gasteiger charge is -2.37. The monoisotopic (exact) mass is 256 g/mol. The Morgan fingerprint density at radius 2 is 1.58 bits per heavy atom. The molecule has 1 fully saturated rings. The fourth-order valence-corrected chi connectivity index (χ4v) is 2.40. The molecular formula is C14H16N4O. The number of nitrogens with one attached hydrogen (secondary N) is 1. The van der Waals surface area contributed by atoms with E-state index in [4.69, 9.17) is 0 Å². The molecule has 5 heteroatoms. The molecule has 0 radical (unpaired) electrons. The van der Waals surface area contributed by atoms with Crippen LogP contribution in [0.1, 0.15) is 0 Å². The molecule has 0 aliphatic carbocycles. The van der Waals surface area contributed by atoms with Crippen LogP contribution in [0.15, 0.2) is 47.4 Å². The lowest BCUT2D eigenvalue weighted by Crippen LogP contribution is -2.46. The molecule has 0 spiro atoms. The van der Waals surface area contributed by atoms with E-state index in [0.29, 0.717) is 0 Å². The van der Waals surface area contributed by atoms with Crippen LogP contribution >= 0.6 is 0 Å². The van der Waals surface area contributed by atoms with E-state index in [1.165, 1.54) is 5.69 Å². The van der Waals surface area contributed by atoms with Gasteiger partial charge in [0, 0.05) is 37.9 Å². The number of hydrogen-bond acceptors (Lipinski definition) is 4. The summed E-state index contributed by atoms with van der Waals surface area (Å²) in [6, 6.07) is 12.0. The Kier molecular flexibility index (Phi) is 3.18. The number of H-pyrrole nitrogens is 1. The number of para-hydroxylation sites is 1. The second kappa shape index (κ2) is 5.14. The molecule has 3 rings (SSSR count). The van der Waals surface area contributed by atoms with Gasteiger partial charge in [0.2, 0.25) is 0 Å². The van der Waals surface area contributed by atoms with E-state index in [-0.39, 0.29) is 5.56 Å². The SMILES string of the molecule is O=c1cc(N2CCN(c3ccccc3)CC2)cn[nH]1. The summed E-state index contributed by atoms with van der Waals surface area (Å²) in [4.78, 5) is 15.8. The van der Waals surface area contributed by atoms with Gasteiger partial charge in [-0.25, -0.2) is 5.10 Å². The van der Waals surface area contributed by atoms with E-state index >= 15 is 0 Å². The highest BCUT2D eigenvalue weighted by Crippen LogP contribution is 2.18. The molecule has 1 aliphatic heterocycles. The number of aromatic amines is 1. The van der Waals surface area contributed by atoms with Crippen LogP contribution < -0.4 is 15.4 Å². The third-order valence-electron chi connectivity index (χ3n) is 3.42. The fourth-order valence-electron chi connectivity index (χ4n) is 2.40. The number of nitrogens with zero attached hydrogens (tertiary/aromatic N) is 3. The Hall–Kier alpha value is -2.30. The Morgan fingerprint density at radius 3 is 2.21 bits per heavy atom. The van der Waals surface area contributed by atoms with Gasteiger partial charge in [-0.2, -0.15) is 5.10 Å². The van der Waals surface area contributed by atoms with E-state index in [1.54, 1.807) is 12.3 Å². The van der Waals surface area contributed by atoms with Gasteiger partial charge >= 0.3 is 0 Å². The van der Waals surface area contributed by atoms with Crippen LogP contribution in [0.2, 0.25) is 0 Å². The second-order valence-electron chi connectivity index (χ2n) is 4.61. The lowest BCUT2D eigenvalue weighted by molar-refractivity contribution is 0.651. The van der Waals surface area contributed by atoms with E-state index in [2.05, 4.69) is 44.3 Å². The van der Waals surface area contributed by atoms with Crippen LogP contribution in [0.25, 0.3) is 0 Å². The number of piperazine rings is 1. The van der Waals surface area contributed by atoms with Crippen molar-refractivity contribution < 1.29 is 0 Å². The van der Waals surface area contributed by atoms with E-state index in [9.17, 15) is 4.79 Å². The smallest absolute Gasteiger partial charge is 0.266 e.